The van der Waals surface area contributed by atoms with Crippen LogP contribution in [0.15, 0.2) is 36.4 Å². The molecule has 1 aliphatic heterocycles. The molecule has 24 heavy (non-hydrogen) atoms. The van der Waals surface area contributed by atoms with Crippen molar-refractivity contribution in [3.63, 3.8) is 0 Å². The number of nitrogens with one attached hydrogen (secondary N) is 1. The van der Waals surface area contributed by atoms with Crippen molar-refractivity contribution in [3.05, 3.63) is 58.9 Å². The summed E-state index contributed by atoms with van der Waals surface area (Å²) in [5.41, 5.74) is 3.80. The molecule has 5 heteroatoms. The first-order chi connectivity index (χ1) is 11.6. The van der Waals surface area contributed by atoms with Gasteiger partial charge in [-0.3, -0.25) is 4.79 Å². The van der Waals surface area contributed by atoms with Gasteiger partial charge in [0.25, 0.3) is 5.91 Å². The van der Waals surface area contributed by atoms with Gasteiger partial charge in [0.05, 0.1) is 12.7 Å². The van der Waals surface area contributed by atoms with E-state index in [0.29, 0.717) is 12.3 Å². The summed E-state index contributed by atoms with van der Waals surface area (Å²) in [5.74, 6) is -0.445. The van der Waals surface area contributed by atoms with Crippen molar-refractivity contribution in [1.29, 1.82) is 0 Å². The molecule has 0 saturated heterocycles. The number of hydrogen-bond donors (Lipinski definition) is 1. The lowest BCUT2D eigenvalue weighted by atomic mass is 9.99. The summed E-state index contributed by atoms with van der Waals surface area (Å²) in [5, 5.41) is 2.84. The zero-order chi connectivity index (χ0) is 17.1. The third-order valence-corrected chi connectivity index (χ3v) is 4.35. The van der Waals surface area contributed by atoms with Gasteiger partial charge in [-0.15, -0.1) is 0 Å². The van der Waals surface area contributed by atoms with Gasteiger partial charge in [-0.2, -0.15) is 0 Å². The average molecular weight is 328 g/mol. The zero-order valence-corrected chi connectivity index (χ0v) is 13.9. The standard InChI is InChI=1S/C19H21FN2O2/c1-22-9-3-4-14-10-13(5-7-17(14)22)12-21-19(23)16-11-15(20)6-8-18(16)24-2/h5-8,10-11H,3-4,9,12H2,1-2H3,(H,21,23). The highest BCUT2D eigenvalue weighted by molar-refractivity contribution is 5.96. The lowest BCUT2D eigenvalue weighted by Gasteiger charge is -2.27. The predicted octanol–water partition coefficient (Wildman–Crippen LogP) is 3.15. The third-order valence-electron chi connectivity index (χ3n) is 4.35. The monoisotopic (exact) mass is 328 g/mol. The van der Waals surface area contributed by atoms with E-state index in [0.717, 1.165) is 24.9 Å². The summed E-state index contributed by atoms with van der Waals surface area (Å²) in [6.45, 7) is 1.47. The maximum Gasteiger partial charge on any atom is 0.255 e. The first-order valence-electron chi connectivity index (χ1n) is 8.03. The fourth-order valence-corrected chi connectivity index (χ4v) is 3.08. The highest BCUT2D eigenvalue weighted by Gasteiger charge is 2.15. The van der Waals surface area contributed by atoms with E-state index in [1.165, 1.54) is 36.6 Å². The lowest BCUT2D eigenvalue weighted by Crippen LogP contribution is -2.26. The second kappa shape index (κ2) is 6.91. The van der Waals surface area contributed by atoms with Crippen molar-refractivity contribution in [2.24, 2.45) is 0 Å². The molecule has 0 atom stereocenters. The molecule has 3 rings (SSSR count). The van der Waals surface area contributed by atoms with Crippen LogP contribution in [0.2, 0.25) is 0 Å². The molecule has 1 aliphatic rings. The van der Waals surface area contributed by atoms with Crippen molar-refractivity contribution in [1.82, 2.24) is 5.32 Å². The minimum absolute atomic E-state index is 0.204. The number of hydrogen-bond acceptors (Lipinski definition) is 3. The SMILES string of the molecule is COc1ccc(F)cc1C(=O)NCc1ccc2c(c1)CCCN2C. The van der Waals surface area contributed by atoms with E-state index < -0.39 is 5.82 Å². The van der Waals surface area contributed by atoms with Gasteiger partial charge >= 0.3 is 0 Å². The van der Waals surface area contributed by atoms with E-state index in [1.807, 2.05) is 6.07 Å². The maximum absolute atomic E-state index is 13.4. The second-order valence-corrected chi connectivity index (χ2v) is 6.02. The van der Waals surface area contributed by atoms with E-state index in [-0.39, 0.29) is 11.5 Å². The van der Waals surface area contributed by atoms with Crippen LogP contribution in [0.3, 0.4) is 0 Å². The number of carbonyl (C=O) groups is 1. The normalized spacial score (nSPS) is 13.4. The number of amides is 1. The average Bonchev–Trinajstić information content (AvgIpc) is 2.59. The highest BCUT2D eigenvalue weighted by atomic mass is 19.1. The summed E-state index contributed by atoms with van der Waals surface area (Å²) >= 11 is 0. The molecule has 2 aromatic rings. The Kier molecular flexibility index (Phi) is 4.69. The molecule has 0 saturated carbocycles. The van der Waals surface area contributed by atoms with E-state index >= 15 is 0 Å². The lowest BCUT2D eigenvalue weighted by molar-refractivity contribution is 0.0947. The van der Waals surface area contributed by atoms with Crippen LogP contribution in [0.25, 0.3) is 0 Å². The fraction of sp³-hybridized carbons (Fsp3) is 0.316. The van der Waals surface area contributed by atoms with E-state index in [1.54, 1.807) is 0 Å². The van der Waals surface area contributed by atoms with Gasteiger partial charge in [0, 0.05) is 25.8 Å². The molecule has 0 aromatic heterocycles. The van der Waals surface area contributed by atoms with Crippen molar-refractivity contribution in [2.45, 2.75) is 19.4 Å². The number of anilines is 1. The Bertz CT molecular complexity index is 761. The summed E-state index contributed by atoms with van der Waals surface area (Å²) in [4.78, 5) is 14.6. The van der Waals surface area contributed by atoms with Crippen LogP contribution in [0.5, 0.6) is 5.75 Å². The highest BCUT2D eigenvalue weighted by Crippen LogP contribution is 2.27. The van der Waals surface area contributed by atoms with Crippen LogP contribution in [-0.4, -0.2) is 26.6 Å². The summed E-state index contributed by atoms with van der Waals surface area (Å²) in [6.07, 6.45) is 2.19. The van der Waals surface area contributed by atoms with Gasteiger partial charge in [-0.25, -0.2) is 4.39 Å². The quantitative estimate of drug-likeness (QED) is 0.937. The number of fused-ring (bicyclic) bond motifs is 1. The Balaban J connectivity index is 1.72. The number of rotatable bonds is 4. The van der Waals surface area contributed by atoms with Crippen molar-refractivity contribution >= 4 is 11.6 Å². The minimum Gasteiger partial charge on any atom is -0.496 e. The van der Waals surface area contributed by atoms with Crippen LogP contribution in [-0.2, 0) is 13.0 Å². The summed E-state index contributed by atoms with van der Waals surface area (Å²) < 4.78 is 18.5. The molecule has 0 fully saturated rings. The Morgan fingerprint density at radius 1 is 1.29 bits per heavy atom. The maximum atomic E-state index is 13.4. The molecule has 1 amide bonds. The molecule has 126 valence electrons. The molecular formula is C19H21FN2O2. The van der Waals surface area contributed by atoms with Gasteiger partial charge in [0.15, 0.2) is 0 Å². The number of methoxy groups -OCH3 is 1. The number of halogens is 1. The van der Waals surface area contributed by atoms with Gasteiger partial charge in [0.2, 0.25) is 0 Å². The van der Waals surface area contributed by atoms with Crippen LogP contribution < -0.4 is 15.0 Å². The van der Waals surface area contributed by atoms with Crippen LogP contribution >= 0.6 is 0 Å². The first-order valence-corrected chi connectivity index (χ1v) is 8.03. The van der Waals surface area contributed by atoms with Crippen molar-refractivity contribution in [3.8, 4) is 5.75 Å². The molecule has 0 spiro atoms. The molecule has 0 aliphatic carbocycles. The van der Waals surface area contributed by atoms with Gasteiger partial charge in [-0.1, -0.05) is 12.1 Å². The minimum atomic E-state index is -0.460. The molecule has 1 N–H and O–H groups in total. The topological polar surface area (TPSA) is 41.6 Å². The van der Waals surface area contributed by atoms with Crippen molar-refractivity contribution < 1.29 is 13.9 Å². The van der Waals surface area contributed by atoms with Crippen LogP contribution in [0.4, 0.5) is 10.1 Å². The summed E-state index contributed by atoms with van der Waals surface area (Å²) in [7, 11) is 3.56. The molecule has 1 heterocycles. The van der Waals surface area contributed by atoms with Gasteiger partial charge in [0.1, 0.15) is 11.6 Å². The Morgan fingerprint density at radius 3 is 2.92 bits per heavy atom. The molecule has 2 aromatic carbocycles. The van der Waals surface area contributed by atoms with Crippen LogP contribution in [0.1, 0.15) is 27.9 Å². The fourth-order valence-electron chi connectivity index (χ4n) is 3.08. The molecule has 0 unspecified atom stereocenters. The number of nitrogens with zero attached hydrogens (tertiary/aromatic N) is 1. The molecule has 0 bridgehead atoms. The Morgan fingerprint density at radius 2 is 2.12 bits per heavy atom. The number of aryl methyl sites for hydroxylation is 1. The Hall–Kier alpha value is -2.56. The molecule has 0 radical (unpaired) electrons. The first kappa shape index (κ1) is 16.3. The largest absolute Gasteiger partial charge is 0.496 e. The second-order valence-electron chi connectivity index (χ2n) is 6.02. The Labute approximate surface area is 141 Å². The molecular weight excluding hydrogens is 307 g/mol. The van der Waals surface area contributed by atoms with Crippen molar-refractivity contribution in [2.75, 3.05) is 25.6 Å². The number of carbonyl (C=O) groups excluding carboxylic acids is 1. The zero-order valence-electron chi connectivity index (χ0n) is 13.9. The number of benzene rings is 2. The van der Waals surface area contributed by atoms with E-state index in [2.05, 4.69) is 29.4 Å². The summed E-state index contributed by atoms with van der Waals surface area (Å²) in [6, 6.07) is 10.2. The van der Waals surface area contributed by atoms with E-state index in [4.69, 9.17) is 4.74 Å². The smallest absolute Gasteiger partial charge is 0.255 e. The van der Waals surface area contributed by atoms with Gasteiger partial charge < -0.3 is 15.0 Å². The van der Waals surface area contributed by atoms with E-state index in [9.17, 15) is 9.18 Å². The third kappa shape index (κ3) is 3.35. The van der Waals surface area contributed by atoms with Crippen LogP contribution in [0, 0.1) is 5.82 Å². The molecule has 4 nitrogen and oxygen atoms in total. The van der Waals surface area contributed by atoms with Gasteiger partial charge in [-0.05, 0) is 48.2 Å². The number of ether oxygens (including phenoxy) is 1. The predicted molar refractivity (Wildman–Crippen MR) is 92.2 cm³/mol.